The molecule has 16 heavy (non-hydrogen) atoms. The van der Waals surface area contributed by atoms with Gasteiger partial charge in [0.15, 0.2) is 0 Å². The van der Waals surface area contributed by atoms with E-state index in [1.807, 2.05) is 0 Å². The quantitative estimate of drug-likeness (QED) is 0.371. The summed E-state index contributed by atoms with van der Waals surface area (Å²) in [4.78, 5) is 50.8. The van der Waals surface area contributed by atoms with Gasteiger partial charge in [-0.25, -0.2) is 0 Å². The number of hydrogen-bond acceptors (Lipinski definition) is 7. The van der Waals surface area contributed by atoms with E-state index in [0.29, 0.717) is 0 Å². The van der Waals surface area contributed by atoms with E-state index in [1.54, 1.807) is 0 Å². The van der Waals surface area contributed by atoms with Gasteiger partial charge in [0, 0.05) is 0 Å². The molecule has 0 bridgehead atoms. The van der Waals surface area contributed by atoms with E-state index in [2.05, 4.69) is 9.78 Å². The molecule has 0 aromatic rings. The molecular weight excluding hydrogens is 259 g/mol. The third-order valence-electron chi connectivity index (χ3n) is 1.22. The van der Waals surface area contributed by atoms with Gasteiger partial charge in [0.05, 0.1) is 0 Å². The maximum absolute atomic E-state index is 11.0. The average molecular weight is 267 g/mol. The number of carbonyl (C=O) groups excluding carboxylic acids is 4. The summed E-state index contributed by atoms with van der Waals surface area (Å²) in [7, 11) is 0. The Balaban J connectivity index is 4.28. The van der Waals surface area contributed by atoms with Crippen LogP contribution in [-0.4, -0.2) is 27.7 Å². The van der Waals surface area contributed by atoms with Gasteiger partial charge in [0.25, 0.3) is 0 Å². The standard InChI is InChI=1S/C8H8O6.O.V/c1-5(9)3-7(11)13-14-8(12)4-6(2)10;;/h3H2,1-2H3;;. The second kappa shape index (κ2) is 6.92. The fraction of sp³-hybridized carbons (Fsp3) is 0.375. The molecule has 87 valence electrons. The predicted molar refractivity (Wildman–Crippen MR) is 43.9 cm³/mol. The Morgan fingerprint density at radius 1 is 1.06 bits per heavy atom. The van der Waals surface area contributed by atoms with E-state index in [-0.39, 0.29) is 0 Å². The molecule has 0 amide bonds. The summed E-state index contributed by atoms with van der Waals surface area (Å²) in [6.07, 6.45) is -0.548. The van der Waals surface area contributed by atoms with Gasteiger partial charge in [-0.05, 0) is 0 Å². The Labute approximate surface area is 96.8 Å². The number of ketones is 2. The van der Waals surface area contributed by atoms with Gasteiger partial charge in [-0.1, -0.05) is 0 Å². The van der Waals surface area contributed by atoms with E-state index in [9.17, 15) is 22.9 Å². The zero-order valence-electron chi connectivity index (χ0n) is 8.51. The van der Waals surface area contributed by atoms with Gasteiger partial charge in [-0.3, -0.25) is 0 Å². The fourth-order valence-electron chi connectivity index (χ4n) is 0.602. The molecule has 0 fully saturated rings. The normalized spacial score (nSPS) is 8.62. The first-order valence-electron chi connectivity index (χ1n) is 4.00. The van der Waals surface area contributed by atoms with Crippen molar-refractivity contribution in [2.45, 2.75) is 20.3 Å². The molecule has 0 rings (SSSR count). The van der Waals surface area contributed by atoms with Crippen LogP contribution in [0.15, 0.2) is 0 Å². The average Bonchev–Trinajstić information content (AvgIpc) is 2.14. The van der Waals surface area contributed by atoms with Crippen LogP contribution in [0.3, 0.4) is 0 Å². The molecule has 0 saturated carbocycles. The predicted octanol–water partition coefficient (Wildman–Crippen LogP) is -0.844. The molecule has 0 aromatic heterocycles. The summed E-state index contributed by atoms with van der Waals surface area (Å²) in [5.74, 6) is -3.53. The molecule has 8 heteroatoms. The van der Waals surface area contributed by atoms with Crippen LogP contribution in [0.2, 0.25) is 0 Å². The van der Waals surface area contributed by atoms with E-state index in [0.717, 1.165) is 13.8 Å². The van der Waals surface area contributed by atoms with Gasteiger partial charge in [0.2, 0.25) is 0 Å². The van der Waals surface area contributed by atoms with Crippen molar-refractivity contribution in [3.05, 3.63) is 0 Å². The molecule has 0 N–H and O–H groups in total. The van der Waals surface area contributed by atoms with Crippen molar-refractivity contribution in [1.29, 1.82) is 0 Å². The van der Waals surface area contributed by atoms with Gasteiger partial charge in [0.1, 0.15) is 0 Å². The second-order valence-electron chi connectivity index (χ2n) is 2.70. The van der Waals surface area contributed by atoms with Crippen molar-refractivity contribution in [2.75, 3.05) is 0 Å². The van der Waals surface area contributed by atoms with E-state index < -0.39 is 49.9 Å². The Morgan fingerprint density at radius 2 is 1.62 bits per heavy atom. The molecule has 0 atom stereocenters. The Kier molecular flexibility index (Phi) is 6.28. The molecule has 0 heterocycles. The van der Waals surface area contributed by atoms with Crippen LogP contribution in [0.1, 0.15) is 20.3 Å². The first-order valence-corrected chi connectivity index (χ1v) is 5.27. The minimum absolute atomic E-state index is 0.466. The summed E-state index contributed by atoms with van der Waals surface area (Å²) in [5.41, 5.74) is 0. The molecule has 0 saturated heterocycles. The summed E-state index contributed by atoms with van der Waals surface area (Å²) in [6, 6.07) is 0. The van der Waals surface area contributed by atoms with Crippen molar-refractivity contribution in [3.63, 3.8) is 0 Å². The van der Waals surface area contributed by atoms with Gasteiger partial charge in [-0.2, -0.15) is 0 Å². The zero-order valence-corrected chi connectivity index (χ0v) is 9.91. The summed E-state index contributed by atoms with van der Waals surface area (Å²) in [6.45, 7) is 2.18. The molecule has 7 nitrogen and oxygen atoms in total. The van der Waals surface area contributed by atoms with Crippen LogP contribution in [0, 0.1) is 0 Å². The number of rotatable bonds is 4. The molecule has 0 unspecified atom stereocenters. The van der Waals surface area contributed by atoms with E-state index in [4.69, 9.17) is 0 Å². The molecule has 0 aliphatic rings. The van der Waals surface area contributed by atoms with Crippen molar-refractivity contribution in [3.8, 4) is 0 Å². The molecular formula is C8H8O7V. The van der Waals surface area contributed by atoms with Gasteiger partial charge < -0.3 is 0 Å². The summed E-state index contributed by atoms with van der Waals surface area (Å²) >= 11 is -1.87. The fourth-order valence-corrected chi connectivity index (χ4v) is 0.977. The molecule has 0 spiro atoms. The van der Waals surface area contributed by atoms with E-state index >= 15 is 0 Å². The maximum atomic E-state index is 11.0. The van der Waals surface area contributed by atoms with Crippen molar-refractivity contribution in [2.24, 2.45) is 0 Å². The molecule has 0 aromatic carbocycles. The van der Waals surface area contributed by atoms with Crippen LogP contribution < -0.4 is 0 Å². The number of hydrogen-bond donors (Lipinski definition) is 0. The zero-order chi connectivity index (χ0) is 12.7. The van der Waals surface area contributed by atoms with Crippen LogP contribution in [0.5, 0.6) is 0 Å². The monoisotopic (exact) mass is 267 g/mol. The van der Waals surface area contributed by atoms with Crippen LogP contribution in [0.4, 0.5) is 0 Å². The van der Waals surface area contributed by atoms with Crippen molar-refractivity contribution in [1.82, 2.24) is 0 Å². The van der Waals surface area contributed by atoms with Crippen LogP contribution in [0.25, 0.3) is 0 Å². The summed E-state index contributed by atoms with van der Waals surface area (Å²) < 4.78 is 9.91. The Morgan fingerprint density at radius 3 is 2.00 bits per heavy atom. The Hall–Kier alpha value is -1.47. The van der Waals surface area contributed by atoms with E-state index in [1.165, 1.54) is 0 Å². The first kappa shape index (κ1) is 14.5. The third-order valence-corrected chi connectivity index (χ3v) is 2.28. The summed E-state index contributed by atoms with van der Waals surface area (Å²) in [5, 5.41) is 0. The first-order chi connectivity index (χ1) is 7.38. The molecule has 0 aliphatic carbocycles. The number of carbonyl (C=O) groups is 4. The van der Waals surface area contributed by atoms with Crippen molar-refractivity contribution < 1.29 is 48.4 Å². The third kappa shape index (κ3) is 5.42. The Bertz CT molecular complexity index is 391. The molecule has 0 radical (unpaired) electrons. The topological polar surface area (TPSA) is 104 Å². The van der Waals surface area contributed by atoms with Gasteiger partial charge in [-0.15, -0.1) is 0 Å². The van der Waals surface area contributed by atoms with Crippen molar-refractivity contribution >= 4 is 27.7 Å². The SMILES string of the molecule is CC(=O)CC(=O)OOC(=O)[C](=[V]=[O])C(C)=O. The van der Waals surface area contributed by atoms with Crippen LogP contribution in [-0.2, 0) is 48.4 Å². The minimum atomic E-state index is -1.87. The number of Topliss-reactive ketones (excluding diaryl/α,β-unsaturated/α-hetero) is 2. The second-order valence-corrected chi connectivity index (χ2v) is 3.68. The van der Waals surface area contributed by atoms with Gasteiger partial charge >= 0.3 is 96.4 Å². The molecule has 0 aliphatic heterocycles. The van der Waals surface area contributed by atoms with Crippen LogP contribution >= 0.6 is 0 Å².